The van der Waals surface area contributed by atoms with Gasteiger partial charge in [-0.15, -0.1) is 0 Å². The van der Waals surface area contributed by atoms with Crippen LogP contribution in [0, 0.1) is 6.92 Å². The zero-order valence-electron chi connectivity index (χ0n) is 11.5. The van der Waals surface area contributed by atoms with Crippen LogP contribution in [0.3, 0.4) is 0 Å². The van der Waals surface area contributed by atoms with E-state index in [0.717, 1.165) is 12.1 Å². The van der Waals surface area contributed by atoms with Gasteiger partial charge in [0.25, 0.3) is 5.91 Å². The number of ether oxygens (including phenoxy) is 2. The zero-order chi connectivity index (χ0) is 14.7. The van der Waals surface area contributed by atoms with Crippen LogP contribution in [-0.4, -0.2) is 34.6 Å². The van der Waals surface area contributed by atoms with Crippen molar-refractivity contribution >= 4 is 22.4 Å². The third-order valence-corrected chi connectivity index (χ3v) is 3.84. The van der Waals surface area contributed by atoms with Crippen molar-refractivity contribution in [1.82, 2.24) is 9.36 Å². The molecule has 1 amide bonds. The van der Waals surface area contributed by atoms with Crippen LogP contribution in [0.15, 0.2) is 24.4 Å². The molecule has 1 atom stereocenters. The molecule has 7 heteroatoms. The Hall–Kier alpha value is -1.99. The standard InChI is InChI=1S/C14H15N3O3S/c1-9-7-12(21-17-9)16-13(18)11-3-2-5-15-14(11)20-10-4-6-19-8-10/h2-3,5,7,10H,4,6,8H2,1H3,(H,16,18)/t10-/m0/s1. The van der Waals surface area contributed by atoms with Crippen molar-refractivity contribution in [2.24, 2.45) is 0 Å². The number of carbonyl (C=O) groups is 1. The lowest BCUT2D eigenvalue weighted by Gasteiger charge is -2.13. The Balaban J connectivity index is 1.75. The van der Waals surface area contributed by atoms with Crippen LogP contribution >= 0.6 is 11.5 Å². The number of aromatic nitrogens is 2. The van der Waals surface area contributed by atoms with E-state index in [0.29, 0.717) is 29.7 Å². The lowest BCUT2D eigenvalue weighted by molar-refractivity contribution is 0.101. The molecule has 0 saturated carbocycles. The monoisotopic (exact) mass is 305 g/mol. The molecule has 1 fully saturated rings. The predicted octanol–water partition coefficient (Wildman–Crippen LogP) is 2.27. The molecule has 2 aromatic rings. The number of rotatable bonds is 4. The summed E-state index contributed by atoms with van der Waals surface area (Å²) < 4.78 is 15.2. The van der Waals surface area contributed by atoms with E-state index in [1.807, 2.05) is 13.0 Å². The normalized spacial score (nSPS) is 17.7. The third kappa shape index (κ3) is 3.37. The lowest BCUT2D eigenvalue weighted by Crippen LogP contribution is -2.20. The minimum Gasteiger partial charge on any atom is -0.471 e. The Kier molecular flexibility index (Phi) is 4.12. The van der Waals surface area contributed by atoms with Gasteiger partial charge in [-0.25, -0.2) is 4.98 Å². The fourth-order valence-corrected chi connectivity index (χ4v) is 2.68. The molecule has 0 radical (unpaired) electrons. The first kappa shape index (κ1) is 14.0. The molecule has 1 N–H and O–H groups in total. The summed E-state index contributed by atoms with van der Waals surface area (Å²) in [6, 6.07) is 5.23. The average Bonchev–Trinajstić information content (AvgIpc) is 3.11. The van der Waals surface area contributed by atoms with Crippen molar-refractivity contribution in [1.29, 1.82) is 0 Å². The van der Waals surface area contributed by atoms with Crippen LogP contribution in [0.2, 0.25) is 0 Å². The summed E-state index contributed by atoms with van der Waals surface area (Å²) in [6.45, 7) is 3.09. The third-order valence-electron chi connectivity index (χ3n) is 3.05. The Morgan fingerprint density at radius 2 is 2.48 bits per heavy atom. The first-order chi connectivity index (χ1) is 10.2. The van der Waals surface area contributed by atoms with Crippen molar-refractivity contribution in [3.05, 3.63) is 35.7 Å². The summed E-state index contributed by atoms with van der Waals surface area (Å²) in [6.07, 6.45) is 2.38. The largest absolute Gasteiger partial charge is 0.471 e. The maximum atomic E-state index is 12.3. The van der Waals surface area contributed by atoms with E-state index in [1.54, 1.807) is 18.3 Å². The van der Waals surface area contributed by atoms with E-state index in [2.05, 4.69) is 14.7 Å². The molecule has 21 heavy (non-hydrogen) atoms. The number of pyridine rings is 1. The molecule has 0 unspecified atom stereocenters. The van der Waals surface area contributed by atoms with Crippen LogP contribution < -0.4 is 10.1 Å². The van der Waals surface area contributed by atoms with Crippen LogP contribution in [0.25, 0.3) is 0 Å². The summed E-state index contributed by atoms with van der Waals surface area (Å²) in [7, 11) is 0. The molecule has 1 saturated heterocycles. The molecule has 3 heterocycles. The molecule has 2 aromatic heterocycles. The van der Waals surface area contributed by atoms with Gasteiger partial charge in [-0.05, 0) is 36.7 Å². The van der Waals surface area contributed by atoms with Crippen molar-refractivity contribution in [3.63, 3.8) is 0 Å². The van der Waals surface area contributed by atoms with E-state index < -0.39 is 0 Å². The number of amides is 1. The number of nitrogens with one attached hydrogen (secondary N) is 1. The summed E-state index contributed by atoms with van der Waals surface area (Å²) in [5.41, 5.74) is 1.29. The molecule has 1 aliphatic rings. The van der Waals surface area contributed by atoms with Crippen molar-refractivity contribution in [3.8, 4) is 5.88 Å². The Morgan fingerprint density at radius 3 is 3.19 bits per heavy atom. The number of nitrogens with zero attached hydrogens (tertiary/aromatic N) is 2. The van der Waals surface area contributed by atoms with Crippen LogP contribution in [0.1, 0.15) is 22.5 Å². The van der Waals surface area contributed by atoms with Gasteiger partial charge in [0.2, 0.25) is 5.88 Å². The topological polar surface area (TPSA) is 73.3 Å². The highest BCUT2D eigenvalue weighted by molar-refractivity contribution is 7.10. The first-order valence-corrected chi connectivity index (χ1v) is 7.44. The number of anilines is 1. The first-order valence-electron chi connectivity index (χ1n) is 6.66. The minimum absolute atomic E-state index is 0.0444. The number of hydrogen-bond acceptors (Lipinski definition) is 6. The average molecular weight is 305 g/mol. The maximum absolute atomic E-state index is 12.3. The Bertz CT molecular complexity index is 638. The molecule has 0 aliphatic carbocycles. The number of hydrogen-bond donors (Lipinski definition) is 1. The molecule has 1 aliphatic heterocycles. The summed E-state index contributed by atoms with van der Waals surface area (Å²) in [4.78, 5) is 16.5. The molecular weight excluding hydrogens is 290 g/mol. The summed E-state index contributed by atoms with van der Waals surface area (Å²) in [5.74, 6) is 0.0902. The fourth-order valence-electron chi connectivity index (χ4n) is 2.02. The van der Waals surface area contributed by atoms with E-state index >= 15 is 0 Å². The molecule has 110 valence electrons. The SMILES string of the molecule is Cc1cc(NC(=O)c2cccnc2O[C@H]2CCOC2)sn1. The second-order valence-electron chi connectivity index (χ2n) is 4.75. The summed E-state index contributed by atoms with van der Waals surface area (Å²) >= 11 is 1.25. The van der Waals surface area contributed by atoms with E-state index in [4.69, 9.17) is 9.47 Å². The van der Waals surface area contributed by atoms with Gasteiger partial charge in [-0.3, -0.25) is 4.79 Å². The lowest BCUT2D eigenvalue weighted by atomic mass is 10.2. The highest BCUT2D eigenvalue weighted by atomic mass is 32.1. The quantitative estimate of drug-likeness (QED) is 0.938. The molecule has 3 rings (SSSR count). The summed E-state index contributed by atoms with van der Waals surface area (Å²) in [5, 5.41) is 3.52. The highest BCUT2D eigenvalue weighted by Gasteiger charge is 2.21. The van der Waals surface area contributed by atoms with Crippen molar-refractivity contribution in [2.75, 3.05) is 18.5 Å². The van der Waals surface area contributed by atoms with E-state index in [9.17, 15) is 4.79 Å². The predicted molar refractivity (Wildman–Crippen MR) is 78.9 cm³/mol. The van der Waals surface area contributed by atoms with Gasteiger partial charge >= 0.3 is 0 Å². The molecule has 0 bridgehead atoms. The van der Waals surface area contributed by atoms with Crippen LogP contribution in [0.5, 0.6) is 5.88 Å². The Labute approximate surface area is 126 Å². The number of carbonyl (C=O) groups excluding carboxylic acids is 1. The van der Waals surface area contributed by atoms with Gasteiger partial charge in [0.05, 0.1) is 18.9 Å². The second kappa shape index (κ2) is 6.19. The second-order valence-corrected chi connectivity index (χ2v) is 5.55. The van der Waals surface area contributed by atoms with E-state index in [-0.39, 0.29) is 12.0 Å². The van der Waals surface area contributed by atoms with Gasteiger partial charge in [0.15, 0.2) is 0 Å². The van der Waals surface area contributed by atoms with Gasteiger partial charge in [-0.1, -0.05) is 0 Å². The molecule has 0 spiro atoms. The number of aryl methyl sites for hydroxylation is 1. The van der Waals surface area contributed by atoms with Gasteiger partial charge in [-0.2, -0.15) is 4.37 Å². The molecular formula is C14H15N3O3S. The van der Waals surface area contributed by atoms with Crippen molar-refractivity contribution in [2.45, 2.75) is 19.4 Å². The van der Waals surface area contributed by atoms with Crippen molar-refractivity contribution < 1.29 is 14.3 Å². The van der Waals surface area contributed by atoms with E-state index in [1.165, 1.54) is 11.5 Å². The molecule has 6 nitrogen and oxygen atoms in total. The maximum Gasteiger partial charge on any atom is 0.261 e. The fraction of sp³-hybridized carbons (Fsp3) is 0.357. The smallest absolute Gasteiger partial charge is 0.261 e. The van der Waals surface area contributed by atoms with Gasteiger partial charge < -0.3 is 14.8 Å². The highest BCUT2D eigenvalue weighted by Crippen LogP contribution is 2.22. The molecule has 0 aromatic carbocycles. The van der Waals surface area contributed by atoms with Gasteiger partial charge in [0.1, 0.15) is 16.7 Å². The zero-order valence-corrected chi connectivity index (χ0v) is 12.4. The Morgan fingerprint density at radius 1 is 1.57 bits per heavy atom. The van der Waals surface area contributed by atoms with Crippen LogP contribution in [0.4, 0.5) is 5.00 Å². The minimum atomic E-state index is -0.249. The van der Waals surface area contributed by atoms with Gasteiger partial charge in [0, 0.05) is 12.6 Å². The van der Waals surface area contributed by atoms with Crippen LogP contribution in [-0.2, 0) is 4.74 Å².